The van der Waals surface area contributed by atoms with Gasteiger partial charge in [-0.15, -0.1) is 0 Å². The number of aromatic nitrogens is 1. The summed E-state index contributed by atoms with van der Waals surface area (Å²) in [5.41, 5.74) is 0.477. The van der Waals surface area contributed by atoms with E-state index in [2.05, 4.69) is 10.3 Å². The van der Waals surface area contributed by atoms with Crippen LogP contribution in [0.4, 0.5) is 24.7 Å². The zero-order valence-electron chi connectivity index (χ0n) is 13.3. The molecule has 1 aromatic heterocycles. The maximum atomic E-state index is 13.1. The first-order chi connectivity index (χ1) is 11.9. The third kappa shape index (κ3) is 3.99. The molecule has 0 aliphatic carbocycles. The van der Waals surface area contributed by atoms with E-state index in [-0.39, 0.29) is 18.3 Å². The predicted octanol–water partition coefficient (Wildman–Crippen LogP) is 3.88. The quantitative estimate of drug-likeness (QED) is 0.917. The summed E-state index contributed by atoms with van der Waals surface area (Å²) >= 11 is 0. The van der Waals surface area contributed by atoms with Gasteiger partial charge in [-0.3, -0.25) is 4.79 Å². The van der Waals surface area contributed by atoms with Crippen molar-refractivity contribution in [2.24, 2.45) is 0 Å². The summed E-state index contributed by atoms with van der Waals surface area (Å²) in [4.78, 5) is 17.7. The number of rotatable bonds is 3. The Morgan fingerprint density at radius 2 is 1.88 bits per heavy atom. The molecule has 1 aromatic carbocycles. The van der Waals surface area contributed by atoms with Gasteiger partial charge in [-0.2, -0.15) is 13.2 Å². The number of alkyl halides is 3. The maximum absolute atomic E-state index is 13.1. The van der Waals surface area contributed by atoms with E-state index in [1.165, 1.54) is 17.2 Å². The molecule has 0 spiro atoms. The second-order valence-electron chi connectivity index (χ2n) is 5.62. The molecule has 130 valence electrons. The average molecular weight is 347 g/mol. The smallest absolute Gasteiger partial charge is 0.352 e. The molecule has 0 fully saturated rings. The van der Waals surface area contributed by atoms with Crippen molar-refractivity contribution in [1.29, 1.82) is 0 Å². The Morgan fingerprint density at radius 1 is 1.12 bits per heavy atom. The minimum atomic E-state index is -4.46. The first kappa shape index (κ1) is 17.0. The van der Waals surface area contributed by atoms with Crippen molar-refractivity contribution < 1.29 is 18.0 Å². The highest BCUT2D eigenvalue weighted by Gasteiger charge is 2.36. The fourth-order valence-corrected chi connectivity index (χ4v) is 2.67. The van der Waals surface area contributed by atoms with Crippen LogP contribution >= 0.6 is 0 Å². The number of pyridine rings is 1. The molecule has 1 N–H and O–H groups in total. The Hall–Kier alpha value is -2.83. The SMILES string of the molecule is O=C(Nc1ccccc1)C1=CCN(c2ncccc2C(F)(F)F)CC1. The summed E-state index contributed by atoms with van der Waals surface area (Å²) < 4.78 is 39.3. The van der Waals surface area contributed by atoms with Gasteiger partial charge in [0.2, 0.25) is 0 Å². The molecular weight excluding hydrogens is 331 g/mol. The molecule has 0 saturated heterocycles. The van der Waals surface area contributed by atoms with Crippen LogP contribution in [0.3, 0.4) is 0 Å². The number of carbonyl (C=O) groups is 1. The summed E-state index contributed by atoms with van der Waals surface area (Å²) in [6.45, 7) is 0.506. The number of nitrogens with zero attached hydrogens (tertiary/aromatic N) is 2. The number of amides is 1. The highest BCUT2D eigenvalue weighted by Crippen LogP contribution is 2.35. The summed E-state index contributed by atoms with van der Waals surface area (Å²) in [5.74, 6) is -0.336. The minimum Gasteiger partial charge on any atom is -0.352 e. The monoisotopic (exact) mass is 347 g/mol. The van der Waals surface area contributed by atoms with Gasteiger partial charge in [-0.05, 0) is 30.7 Å². The fourth-order valence-electron chi connectivity index (χ4n) is 2.67. The minimum absolute atomic E-state index is 0.103. The van der Waals surface area contributed by atoms with E-state index >= 15 is 0 Å². The van der Waals surface area contributed by atoms with Crippen molar-refractivity contribution in [2.75, 3.05) is 23.3 Å². The van der Waals surface area contributed by atoms with Crippen LogP contribution in [-0.4, -0.2) is 24.0 Å². The van der Waals surface area contributed by atoms with Gasteiger partial charge < -0.3 is 10.2 Å². The molecule has 0 atom stereocenters. The van der Waals surface area contributed by atoms with Crippen molar-refractivity contribution in [3.63, 3.8) is 0 Å². The molecule has 7 heteroatoms. The van der Waals surface area contributed by atoms with Crippen LogP contribution < -0.4 is 10.2 Å². The second-order valence-corrected chi connectivity index (χ2v) is 5.62. The Morgan fingerprint density at radius 3 is 2.52 bits per heavy atom. The number of nitrogens with one attached hydrogen (secondary N) is 1. The van der Waals surface area contributed by atoms with E-state index < -0.39 is 11.7 Å². The molecule has 1 amide bonds. The summed E-state index contributed by atoms with van der Waals surface area (Å²) in [6.07, 6.45) is -1.12. The van der Waals surface area contributed by atoms with Crippen LogP contribution in [0, 0.1) is 0 Å². The lowest BCUT2D eigenvalue weighted by molar-refractivity contribution is -0.137. The van der Waals surface area contributed by atoms with Crippen LogP contribution in [0.15, 0.2) is 60.3 Å². The largest absolute Gasteiger partial charge is 0.419 e. The highest BCUT2D eigenvalue weighted by molar-refractivity contribution is 6.03. The van der Waals surface area contributed by atoms with E-state index in [1.807, 2.05) is 18.2 Å². The molecule has 0 unspecified atom stereocenters. The molecule has 4 nitrogen and oxygen atoms in total. The predicted molar refractivity (Wildman–Crippen MR) is 89.2 cm³/mol. The van der Waals surface area contributed by atoms with E-state index in [9.17, 15) is 18.0 Å². The number of carbonyl (C=O) groups excluding carboxylic acids is 1. The van der Waals surface area contributed by atoms with Gasteiger partial charge >= 0.3 is 6.18 Å². The Labute approximate surface area is 143 Å². The first-order valence-electron chi connectivity index (χ1n) is 7.78. The van der Waals surface area contributed by atoms with E-state index in [1.54, 1.807) is 18.2 Å². The molecule has 3 rings (SSSR count). The topological polar surface area (TPSA) is 45.2 Å². The summed E-state index contributed by atoms with van der Waals surface area (Å²) in [6, 6.07) is 11.3. The van der Waals surface area contributed by atoms with Crippen molar-refractivity contribution in [3.05, 3.63) is 65.9 Å². The van der Waals surface area contributed by atoms with Crippen LogP contribution in [0.1, 0.15) is 12.0 Å². The lowest BCUT2D eigenvalue weighted by Gasteiger charge is -2.29. The van der Waals surface area contributed by atoms with Gasteiger partial charge in [-0.25, -0.2) is 4.98 Å². The van der Waals surface area contributed by atoms with Gasteiger partial charge in [0.25, 0.3) is 5.91 Å². The maximum Gasteiger partial charge on any atom is 0.419 e. The van der Waals surface area contributed by atoms with Crippen molar-refractivity contribution in [3.8, 4) is 0 Å². The molecule has 1 aliphatic heterocycles. The highest BCUT2D eigenvalue weighted by atomic mass is 19.4. The molecule has 2 heterocycles. The van der Waals surface area contributed by atoms with E-state index in [0.29, 0.717) is 24.2 Å². The van der Waals surface area contributed by atoms with Gasteiger partial charge in [0.1, 0.15) is 5.82 Å². The second kappa shape index (κ2) is 6.96. The fraction of sp³-hybridized carbons (Fsp3) is 0.222. The Balaban J connectivity index is 1.72. The van der Waals surface area contributed by atoms with Crippen LogP contribution in [-0.2, 0) is 11.0 Å². The van der Waals surface area contributed by atoms with Crippen LogP contribution in [0.2, 0.25) is 0 Å². The van der Waals surface area contributed by atoms with Crippen LogP contribution in [0.25, 0.3) is 0 Å². The molecular formula is C18H16F3N3O. The molecule has 1 aliphatic rings. The number of anilines is 2. The molecule has 0 bridgehead atoms. The van der Waals surface area contributed by atoms with Crippen molar-refractivity contribution >= 4 is 17.4 Å². The number of benzene rings is 1. The van der Waals surface area contributed by atoms with Crippen molar-refractivity contribution in [1.82, 2.24) is 4.98 Å². The normalized spacial score (nSPS) is 14.8. The van der Waals surface area contributed by atoms with Crippen LogP contribution in [0.5, 0.6) is 0 Å². The third-order valence-electron chi connectivity index (χ3n) is 3.92. The van der Waals surface area contributed by atoms with Crippen molar-refractivity contribution in [2.45, 2.75) is 12.6 Å². The molecule has 25 heavy (non-hydrogen) atoms. The summed E-state index contributed by atoms with van der Waals surface area (Å²) in [5, 5.41) is 2.78. The molecule has 0 saturated carbocycles. The van der Waals surface area contributed by atoms with Gasteiger partial charge in [0, 0.05) is 30.5 Å². The number of halogens is 3. The zero-order valence-corrected chi connectivity index (χ0v) is 13.3. The third-order valence-corrected chi connectivity index (χ3v) is 3.92. The standard InChI is InChI=1S/C18H16F3N3O/c19-18(20,21)15-7-4-10-22-16(15)24-11-8-13(9-12-24)17(25)23-14-5-2-1-3-6-14/h1-8,10H,9,11-12H2,(H,23,25). The molecule has 0 radical (unpaired) electrons. The van der Waals surface area contributed by atoms with E-state index in [4.69, 9.17) is 0 Å². The zero-order chi connectivity index (χ0) is 17.9. The number of para-hydroxylation sites is 1. The average Bonchev–Trinajstić information content (AvgIpc) is 2.62. The Kier molecular flexibility index (Phi) is 4.74. The Bertz CT molecular complexity index is 788. The van der Waals surface area contributed by atoms with Gasteiger partial charge in [0.05, 0.1) is 5.56 Å². The lowest BCUT2D eigenvalue weighted by atomic mass is 10.1. The lowest BCUT2D eigenvalue weighted by Crippen LogP contribution is -2.33. The molecule has 2 aromatic rings. The summed E-state index contributed by atoms with van der Waals surface area (Å²) in [7, 11) is 0. The van der Waals surface area contributed by atoms with Gasteiger partial charge in [0.15, 0.2) is 0 Å². The first-order valence-corrected chi connectivity index (χ1v) is 7.78. The van der Waals surface area contributed by atoms with Gasteiger partial charge in [-0.1, -0.05) is 24.3 Å². The number of hydrogen-bond acceptors (Lipinski definition) is 3. The van der Waals surface area contributed by atoms with E-state index in [0.717, 1.165) is 6.07 Å². The number of hydrogen-bond donors (Lipinski definition) is 1.